The zero-order valence-corrected chi connectivity index (χ0v) is 14.8. The first-order chi connectivity index (χ1) is 12.6. The lowest BCUT2D eigenvalue weighted by atomic mass is 9.77. The predicted octanol–water partition coefficient (Wildman–Crippen LogP) is 2.68. The van der Waals surface area contributed by atoms with Crippen LogP contribution in [0, 0.1) is 11.2 Å². The van der Waals surface area contributed by atoms with E-state index >= 15 is 0 Å². The van der Waals surface area contributed by atoms with Gasteiger partial charge in [0, 0.05) is 38.6 Å². The summed E-state index contributed by atoms with van der Waals surface area (Å²) in [6.45, 7) is 3.49. The first-order valence-electron chi connectivity index (χ1n) is 9.18. The molecule has 2 fully saturated rings. The molecule has 1 spiro atoms. The van der Waals surface area contributed by atoms with Crippen molar-refractivity contribution in [3.05, 3.63) is 54.1 Å². The number of nitrogens with zero attached hydrogens (tertiary/aromatic N) is 4. The van der Waals surface area contributed by atoms with Gasteiger partial charge in [0.25, 0.3) is 0 Å². The van der Waals surface area contributed by atoms with E-state index in [0.29, 0.717) is 0 Å². The first-order valence-corrected chi connectivity index (χ1v) is 9.18. The van der Waals surface area contributed by atoms with Crippen LogP contribution < -0.4 is 4.90 Å². The Hall–Kier alpha value is -2.50. The molecule has 0 bridgehead atoms. The topological polar surface area (TPSA) is 49.3 Å². The predicted molar refractivity (Wildman–Crippen MR) is 97.2 cm³/mol. The van der Waals surface area contributed by atoms with Crippen LogP contribution in [-0.4, -0.2) is 47.0 Å². The minimum atomic E-state index is -0.290. The number of halogens is 1. The van der Waals surface area contributed by atoms with Gasteiger partial charge in [-0.1, -0.05) is 12.1 Å². The SMILES string of the molecule is O=C(Cc1cccc(F)c1)N1CCC2(CC1)CCN(c1ncccn1)C2. The van der Waals surface area contributed by atoms with Crippen molar-refractivity contribution in [2.45, 2.75) is 25.7 Å². The number of anilines is 1. The molecule has 0 atom stereocenters. The van der Waals surface area contributed by atoms with Crippen LogP contribution >= 0.6 is 0 Å². The Bertz CT molecular complexity index is 774. The lowest BCUT2D eigenvalue weighted by molar-refractivity contribution is -0.132. The molecule has 0 N–H and O–H groups in total. The Morgan fingerprint density at radius 1 is 1.08 bits per heavy atom. The fourth-order valence-corrected chi connectivity index (χ4v) is 4.13. The molecule has 3 heterocycles. The van der Waals surface area contributed by atoms with Gasteiger partial charge >= 0.3 is 0 Å². The summed E-state index contributed by atoms with van der Waals surface area (Å²) in [5, 5.41) is 0. The highest BCUT2D eigenvalue weighted by Crippen LogP contribution is 2.41. The number of aromatic nitrogens is 2. The molecule has 0 unspecified atom stereocenters. The van der Waals surface area contributed by atoms with E-state index in [1.807, 2.05) is 11.0 Å². The molecular weight excluding hydrogens is 331 g/mol. The van der Waals surface area contributed by atoms with Gasteiger partial charge in [0.05, 0.1) is 6.42 Å². The standard InChI is InChI=1S/C20H23FN4O/c21-17-4-1-3-16(13-17)14-18(26)24-10-5-20(6-11-24)7-12-25(15-20)19-22-8-2-9-23-19/h1-4,8-9,13H,5-7,10-12,14-15H2. The van der Waals surface area contributed by atoms with Crippen molar-refractivity contribution in [1.29, 1.82) is 0 Å². The van der Waals surface area contributed by atoms with Crippen LogP contribution in [0.2, 0.25) is 0 Å². The zero-order chi connectivity index (χ0) is 18.0. The van der Waals surface area contributed by atoms with E-state index in [1.165, 1.54) is 12.1 Å². The quantitative estimate of drug-likeness (QED) is 0.850. The number of carbonyl (C=O) groups is 1. The highest BCUT2D eigenvalue weighted by atomic mass is 19.1. The lowest BCUT2D eigenvalue weighted by Crippen LogP contribution is -2.44. The number of likely N-dealkylation sites (tertiary alicyclic amines) is 1. The Labute approximate surface area is 152 Å². The summed E-state index contributed by atoms with van der Waals surface area (Å²) in [5.41, 5.74) is 0.998. The minimum absolute atomic E-state index is 0.0895. The van der Waals surface area contributed by atoms with Crippen LogP contribution in [-0.2, 0) is 11.2 Å². The molecule has 0 saturated carbocycles. The maximum atomic E-state index is 13.3. The molecule has 4 rings (SSSR count). The molecule has 6 heteroatoms. The second-order valence-electron chi connectivity index (χ2n) is 7.41. The molecule has 1 aromatic heterocycles. The van der Waals surface area contributed by atoms with Crippen LogP contribution in [0.5, 0.6) is 0 Å². The van der Waals surface area contributed by atoms with Crippen LogP contribution in [0.15, 0.2) is 42.7 Å². The van der Waals surface area contributed by atoms with Gasteiger partial charge < -0.3 is 9.80 Å². The van der Waals surface area contributed by atoms with E-state index in [4.69, 9.17) is 0 Å². The number of hydrogen-bond donors (Lipinski definition) is 0. The van der Waals surface area contributed by atoms with Gasteiger partial charge in [0.15, 0.2) is 0 Å². The molecule has 5 nitrogen and oxygen atoms in total. The minimum Gasteiger partial charge on any atom is -0.342 e. The number of piperidine rings is 1. The molecule has 26 heavy (non-hydrogen) atoms. The molecule has 136 valence electrons. The summed E-state index contributed by atoms with van der Waals surface area (Å²) >= 11 is 0. The first kappa shape index (κ1) is 16.9. The Kier molecular flexibility index (Phi) is 4.57. The van der Waals surface area contributed by atoms with Crippen molar-refractivity contribution in [3.8, 4) is 0 Å². The normalized spacial score (nSPS) is 19.1. The van der Waals surface area contributed by atoms with Gasteiger partial charge in [-0.15, -0.1) is 0 Å². The third-order valence-corrected chi connectivity index (χ3v) is 5.69. The van der Waals surface area contributed by atoms with Crippen molar-refractivity contribution >= 4 is 11.9 Å². The second kappa shape index (κ2) is 7.02. The molecule has 2 aliphatic heterocycles. The fourth-order valence-electron chi connectivity index (χ4n) is 4.13. The van der Waals surface area contributed by atoms with Crippen molar-refractivity contribution in [1.82, 2.24) is 14.9 Å². The van der Waals surface area contributed by atoms with Crippen LogP contribution in [0.4, 0.5) is 10.3 Å². The fraction of sp³-hybridized carbons (Fsp3) is 0.450. The van der Waals surface area contributed by atoms with Gasteiger partial charge in [-0.3, -0.25) is 4.79 Å². The molecule has 1 aromatic carbocycles. The highest BCUT2D eigenvalue weighted by molar-refractivity contribution is 5.78. The van der Waals surface area contributed by atoms with E-state index in [2.05, 4.69) is 14.9 Å². The average molecular weight is 354 g/mol. The number of hydrogen-bond acceptors (Lipinski definition) is 4. The largest absolute Gasteiger partial charge is 0.342 e. The van der Waals surface area contributed by atoms with Crippen molar-refractivity contribution < 1.29 is 9.18 Å². The Morgan fingerprint density at radius 2 is 1.81 bits per heavy atom. The summed E-state index contributed by atoms with van der Waals surface area (Å²) in [6.07, 6.45) is 6.96. The summed E-state index contributed by atoms with van der Waals surface area (Å²) in [7, 11) is 0. The van der Waals surface area contributed by atoms with Crippen LogP contribution in [0.25, 0.3) is 0 Å². The zero-order valence-electron chi connectivity index (χ0n) is 14.8. The Balaban J connectivity index is 1.33. The molecule has 2 aromatic rings. The number of benzene rings is 1. The third-order valence-electron chi connectivity index (χ3n) is 5.69. The van der Waals surface area contributed by atoms with Crippen LogP contribution in [0.3, 0.4) is 0 Å². The van der Waals surface area contributed by atoms with Crippen LogP contribution in [0.1, 0.15) is 24.8 Å². The van der Waals surface area contributed by atoms with E-state index in [-0.39, 0.29) is 23.6 Å². The van der Waals surface area contributed by atoms with Crippen molar-refractivity contribution in [3.63, 3.8) is 0 Å². The maximum Gasteiger partial charge on any atom is 0.226 e. The van der Waals surface area contributed by atoms with E-state index in [0.717, 1.165) is 57.0 Å². The molecule has 0 aliphatic carbocycles. The number of rotatable bonds is 3. The third kappa shape index (κ3) is 3.54. The molecular formula is C20H23FN4O. The van der Waals surface area contributed by atoms with Gasteiger partial charge in [0.1, 0.15) is 5.82 Å². The van der Waals surface area contributed by atoms with E-state index < -0.39 is 0 Å². The average Bonchev–Trinajstić information content (AvgIpc) is 3.07. The maximum absolute atomic E-state index is 13.3. The Morgan fingerprint density at radius 3 is 2.54 bits per heavy atom. The second-order valence-corrected chi connectivity index (χ2v) is 7.41. The van der Waals surface area contributed by atoms with Gasteiger partial charge in [-0.25, -0.2) is 14.4 Å². The molecule has 2 aliphatic rings. The monoisotopic (exact) mass is 354 g/mol. The smallest absolute Gasteiger partial charge is 0.226 e. The van der Waals surface area contributed by atoms with E-state index in [1.54, 1.807) is 24.5 Å². The summed E-state index contributed by atoms with van der Waals surface area (Å²) < 4.78 is 13.3. The van der Waals surface area contributed by atoms with Gasteiger partial charge in [0.2, 0.25) is 11.9 Å². The van der Waals surface area contributed by atoms with E-state index in [9.17, 15) is 9.18 Å². The van der Waals surface area contributed by atoms with Gasteiger partial charge in [-0.2, -0.15) is 0 Å². The number of carbonyl (C=O) groups excluding carboxylic acids is 1. The molecule has 1 amide bonds. The summed E-state index contributed by atoms with van der Waals surface area (Å²) in [4.78, 5) is 25.4. The highest BCUT2D eigenvalue weighted by Gasteiger charge is 2.41. The lowest BCUT2D eigenvalue weighted by Gasteiger charge is -2.39. The van der Waals surface area contributed by atoms with Crippen molar-refractivity contribution in [2.24, 2.45) is 5.41 Å². The molecule has 2 saturated heterocycles. The summed E-state index contributed by atoms with van der Waals surface area (Å²) in [6, 6.07) is 8.14. The molecule has 0 radical (unpaired) electrons. The van der Waals surface area contributed by atoms with Crippen molar-refractivity contribution in [2.75, 3.05) is 31.1 Å². The van der Waals surface area contributed by atoms with Gasteiger partial charge in [-0.05, 0) is 48.4 Å². The summed E-state index contributed by atoms with van der Waals surface area (Å²) in [5.74, 6) is 0.600. The number of amides is 1.